The summed E-state index contributed by atoms with van der Waals surface area (Å²) in [5.74, 6) is -0.142. The maximum absolute atomic E-state index is 11.5. The molecule has 0 atom stereocenters. The molecular formula is C14H13NO. The first-order valence-corrected chi connectivity index (χ1v) is 5.13. The lowest BCUT2D eigenvalue weighted by molar-refractivity contribution is -0.112. The lowest BCUT2D eigenvalue weighted by Gasteiger charge is -2.08. The monoisotopic (exact) mass is 211 g/mol. The van der Waals surface area contributed by atoms with E-state index in [4.69, 9.17) is 0 Å². The van der Waals surface area contributed by atoms with Crippen molar-refractivity contribution in [3.05, 3.63) is 54.6 Å². The summed E-state index contributed by atoms with van der Waals surface area (Å²) in [6.07, 6.45) is 0. The Kier molecular flexibility index (Phi) is 2.73. The van der Waals surface area contributed by atoms with Crippen LogP contribution in [0, 0.1) is 0 Å². The van der Waals surface area contributed by atoms with E-state index < -0.39 is 0 Å². The van der Waals surface area contributed by atoms with Crippen molar-refractivity contribution >= 4 is 22.4 Å². The highest BCUT2D eigenvalue weighted by Gasteiger charge is 2.05. The second-order valence-corrected chi connectivity index (χ2v) is 3.76. The number of rotatable bonds is 2. The summed E-state index contributed by atoms with van der Waals surface area (Å²) in [5.41, 5.74) is 1.33. The van der Waals surface area contributed by atoms with E-state index in [-0.39, 0.29) is 5.91 Å². The van der Waals surface area contributed by atoms with Gasteiger partial charge in [-0.2, -0.15) is 0 Å². The molecule has 2 aromatic carbocycles. The summed E-state index contributed by atoms with van der Waals surface area (Å²) in [5, 5.41) is 5.00. The number of benzene rings is 2. The molecule has 0 spiro atoms. The zero-order valence-electron chi connectivity index (χ0n) is 9.16. The normalized spacial score (nSPS) is 10.1. The number of hydrogen-bond donors (Lipinski definition) is 1. The minimum Gasteiger partial charge on any atom is -0.322 e. The summed E-state index contributed by atoms with van der Waals surface area (Å²) in [6.45, 7) is 5.31. The molecule has 80 valence electrons. The number of carbonyl (C=O) groups excluding carboxylic acids is 1. The van der Waals surface area contributed by atoms with Gasteiger partial charge in [0.05, 0.1) is 0 Å². The van der Waals surface area contributed by atoms with Crippen LogP contribution in [-0.2, 0) is 4.79 Å². The van der Waals surface area contributed by atoms with Crippen molar-refractivity contribution in [2.45, 2.75) is 6.92 Å². The number of nitrogens with one attached hydrogen (secondary N) is 1. The molecule has 0 unspecified atom stereocenters. The van der Waals surface area contributed by atoms with Gasteiger partial charge in [-0.3, -0.25) is 4.79 Å². The predicted octanol–water partition coefficient (Wildman–Crippen LogP) is 3.35. The van der Waals surface area contributed by atoms with Crippen LogP contribution < -0.4 is 5.32 Å². The van der Waals surface area contributed by atoms with Crippen LogP contribution in [0.2, 0.25) is 0 Å². The van der Waals surface area contributed by atoms with Gasteiger partial charge in [0.1, 0.15) is 0 Å². The van der Waals surface area contributed by atoms with Crippen molar-refractivity contribution < 1.29 is 4.79 Å². The van der Waals surface area contributed by atoms with Gasteiger partial charge in [0.25, 0.3) is 5.91 Å². The standard InChI is InChI=1S/C14H13NO/c1-10(2)14(16)15-13-9-5-7-11-6-3-4-8-12(11)13/h3-9H,1H2,2H3,(H,15,16). The fraction of sp³-hybridized carbons (Fsp3) is 0.0714. The molecule has 0 saturated heterocycles. The maximum atomic E-state index is 11.5. The molecule has 0 radical (unpaired) electrons. The van der Waals surface area contributed by atoms with Gasteiger partial charge in [-0.1, -0.05) is 43.0 Å². The molecule has 2 heteroatoms. The summed E-state index contributed by atoms with van der Waals surface area (Å²) in [4.78, 5) is 11.5. The third-order valence-electron chi connectivity index (χ3n) is 2.43. The molecule has 2 aromatic rings. The lowest BCUT2D eigenvalue weighted by Crippen LogP contribution is -2.11. The SMILES string of the molecule is C=C(C)C(=O)Nc1cccc2ccccc12. The molecule has 1 N–H and O–H groups in total. The highest BCUT2D eigenvalue weighted by Crippen LogP contribution is 2.23. The van der Waals surface area contributed by atoms with E-state index in [9.17, 15) is 4.79 Å². The molecule has 0 saturated carbocycles. The van der Waals surface area contributed by atoms with Crippen LogP contribution >= 0.6 is 0 Å². The minimum atomic E-state index is -0.142. The Bertz CT molecular complexity index is 552. The number of amides is 1. The van der Waals surface area contributed by atoms with E-state index >= 15 is 0 Å². The predicted molar refractivity (Wildman–Crippen MR) is 67.4 cm³/mol. The fourth-order valence-corrected chi connectivity index (χ4v) is 1.56. The van der Waals surface area contributed by atoms with Gasteiger partial charge in [-0.25, -0.2) is 0 Å². The van der Waals surface area contributed by atoms with Crippen LogP contribution in [0.4, 0.5) is 5.69 Å². The Morgan fingerprint density at radius 3 is 2.56 bits per heavy atom. The fourth-order valence-electron chi connectivity index (χ4n) is 1.56. The highest BCUT2D eigenvalue weighted by molar-refractivity contribution is 6.08. The van der Waals surface area contributed by atoms with Crippen LogP contribution in [-0.4, -0.2) is 5.91 Å². The number of anilines is 1. The maximum Gasteiger partial charge on any atom is 0.250 e. The van der Waals surface area contributed by atoms with Crippen molar-refractivity contribution in [1.29, 1.82) is 0 Å². The summed E-state index contributed by atoms with van der Waals surface area (Å²) >= 11 is 0. The quantitative estimate of drug-likeness (QED) is 0.758. The number of fused-ring (bicyclic) bond motifs is 1. The van der Waals surface area contributed by atoms with Gasteiger partial charge in [-0.05, 0) is 18.4 Å². The minimum absolute atomic E-state index is 0.142. The van der Waals surface area contributed by atoms with Crippen LogP contribution in [0.25, 0.3) is 10.8 Å². The smallest absolute Gasteiger partial charge is 0.250 e. The molecule has 1 amide bonds. The van der Waals surface area contributed by atoms with Crippen LogP contribution in [0.1, 0.15) is 6.92 Å². The van der Waals surface area contributed by atoms with Crippen LogP contribution in [0.3, 0.4) is 0 Å². The third-order valence-corrected chi connectivity index (χ3v) is 2.43. The molecule has 0 aliphatic rings. The second-order valence-electron chi connectivity index (χ2n) is 3.76. The van der Waals surface area contributed by atoms with Crippen LogP contribution in [0.15, 0.2) is 54.6 Å². The average molecular weight is 211 g/mol. The molecule has 0 bridgehead atoms. The van der Waals surface area contributed by atoms with Gasteiger partial charge in [0.2, 0.25) is 0 Å². The topological polar surface area (TPSA) is 29.1 Å². The van der Waals surface area contributed by atoms with Gasteiger partial charge in [0, 0.05) is 16.6 Å². The van der Waals surface area contributed by atoms with Crippen molar-refractivity contribution in [3.63, 3.8) is 0 Å². The second kappa shape index (κ2) is 4.19. The van der Waals surface area contributed by atoms with E-state index in [1.165, 1.54) is 0 Å². The lowest BCUT2D eigenvalue weighted by atomic mass is 10.1. The average Bonchev–Trinajstić information content (AvgIpc) is 2.29. The highest BCUT2D eigenvalue weighted by atomic mass is 16.1. The van der Waals surface area contributed by atoms with Crippen molar-refractivity contribution in [2.75, 3.05) is 5.32 Å². The Labute approximate surface area is 94.6 Å². The van der Waals surface area contributed by atoms with E-state index in [0.29, 0.717) is 5.57 Å². The summed E-state index contributed by atoms with van der Waals surface area (Å²) in [6, 6.07) is 13.8. The van der Waals surface area contributed by atoms with E-state index in [1.807, 2.05) is 42.5 Å². The zero-order chi connectivity index (χ0) is 11.5. The van der Waals surface area contributed by atoms with E-state index in [2.05, 4.69) is 11.9 Å². The van der Waals surface area contributed by atoms with Gasteiger partial charge in [-0.15, -0.1) is 0 Å². The van der Waals surface area contributed by atoms with Crippen molar-refractivity contribution in [2.24, 2.45) is 0 Å². The molecule has 0 aliphatic heterocycles. The molecule has 2 nitrogen and oxygen atoms in total. The Balaban J connectivity index is 2.45. The van der Waals surface area contributed by atoms with E-state index in [1.54, 1.807) is 6.92 Å². The van der Waals surface area contributed by atoms with Crippen LogP contribution in [0.5, 0.6) is 0 Å². The zero-order valence-corrected chi connectivity index (χ0v) is 9.16. The molecule has 16 heavy (non-hydrogen) atoms. The molecule has 0 fully saturated rings. The van der Waals surface area contributed by atoms with Gasteiger partial charge < -0.3 is 5.32 Å². The Morgan fingerprint density at radius 2 is 1.81 bits per heavy atom. The Morgan fingerprint density at radius 1 is 1.12 bits per heavy atom. The largest absolute Gasteiger partial charge is 0.322 e. The third kappa shape index (κ3) is 1.96. The molecular weight excluding hydrogens is 198 g/mol. The Hall–Kier alpha value is -2.09. The summed E-state index contributed by atoms with van der Waals surface area (Å²) < 4.78 is 0. The van der Waals surface area contributed by atoms with Gasteiger partial charge >= 0.3 is 0 Å². The number of carbonyl (C=O) groups is 1. The molecule has 0 aromatic heterocycles. The van der Waals surface area contributed by atoms with Crippen molar-refractivity contribution in [3.8, 4) is 0 Å². The first kappa shape index (κ1) is 10.4. The molecule has 2 rings (SSSR count). The number of hydrogen-bond acceptors (Lipinski definition) is 1. The first-order chi connectivity index (χ1) is 7.68. The summed E-state index contributed by atoms with van der Waals surface area (Å²) in [7, 11) is 0. The van der Waals surface area contributed by atoms with E-state index in [0.717, 1.165) is 16.5 Å². The molecule has 0 heterocycles. The first-order valence-electron chi connectivity index (χ1n) is 5.13. The molecule has 0 aliphatic carbocycles. The van der Waals surface area contributed by atoms with Gasteiger partial charge in [0.15, 0.2) is 0 Å². The van der Waals surface area contributed by atoms with Crippen molar-refractivity contribution in [1.82, 2.24) is 0 Å².